The highest BCUT2D eigenvalue weighted by atomic mass is 19.4. The number of nitrogens with zero attached hydrogens (tertiary/aromatic N) is 6. The van der Waals surface area contributed by atoms with Gasteiger partial charge in [0.05, 0.1) is 17.5 Å². The van der Waals surface area contributed by atoms with Crippen LogP contribution < -0.4 is 10.2 Å². The molecule has 2 aliphatic rings. The quantitative estimate of drug-likeness (QED) is 0.340. The molecule has 0 radical (unpaired) electrons. The number of aromatic amines is 1. The zero-order valence-electron chi connectivity index (χ0n) is 23.7. The molecule has 226 valence electrons. The predicted molar refractivity (Wildman–Crippen MR) is 146 cm³/mol. The summed E-state index contributed by atoms with van der Waals surface area (Å²) in [7, 11) is 0. The minimum Gasteiger partial charge on any atom is -0.444 e. The number of H-pyrrole nitrogens is 1. The minimum absolute atomic E-state index is 0.0134. The Kier molecular flexibility index (Phi) is 7.99. The summed E-state index contributed by atoms with van der Waals surface area (Å²) in [6, 6.07) is 4.90. The monoisotopic (exact) mass is 590 g/mol. The number of hydrogen-bond acceptors (Lipinski definition) is 8. The highest BCUT2D eigenvalue weighted by molar-refractivity contribution is 5.68. The number of piperidine rings is 1. The first-order valence-corrected chi connectivity index (χ1v) is 13.9. The first kappa shape index (κ1) is 29.5. The number of rotatable bonds is 8. The second kappa shape index (κ2) is 11.4. The van der Waals surface area contributed by atoms with Crippen molar-refractivity contribution in [2.24, 2.45) is 0 Å². The van der Waals surface area contributed by atoms with Crippen molar-refractivity contribution in [2.75, 3.05) is 29.9 Å². The van der Waals surface area contributed by atoms with Gasteiger partial charge in [0.25, 0.3) is 0 Å². The molecule has 0 spiro atoms. The molecule has 5 rings (SSSR count). The second-order valence-corrected chi connectivity index (χ2v) is 11.9. The molecule has 14 heteroatoms. The van der Waals surface area contributed by atoms with E-state index in [1.165, 1.54) is 18.5 Å². The zero-order valence-corrected chi connectivity index (χ0v) is 23.7. The summed E-state index contributed by atoms with van der Waals surface area (Å²) in [6.45, 7) is 6.80. The van der Waals surface area contributed by atoms with E-state index in [0.29, 0.717) is 31.5 Å². The Labute approximate surface area is 240 Å². The summed E-state index contributed by atoms with van der Waals surface area (Å²) < 4.78 is 60.4. The number of benzene rings is 1. The number of alkyl halides is 3. The van der Waals surface area contributed by atoms with E-state index >= 15 is 4.39 Å². The van der Waals surface area contributed by atoms with Gasteiger partial charge in [0, 0.05) is 37.6 Å². The lowest BCUT2D eigenvalue weighted by atomic mass is 9.75. The molecule has 3 heterocycles. The summed E-state index contributed by atoms with van der Waals surface area (Å²) in [6.07, 6.45) is 0.851. The van der Waals surface area contributed by atoms with Crippen molar-refractivity contribution in [3.8, 4) is 0 Å². The lowest BCUT2D eigenvalue weighted by molar-refractivity contribution is -0.137. The molecule has 2 fully saturated rings. The average Bonchev–Trinajstić information content (AvgIpc) is 3.62. The first-order valence-electron chi connectivity index (χ1n) is 13.9. The normalized spacial score (nSPS) is 17.2. The van der Waals surface area contributed by atoms with Crippen LogP contribution in [0, 0.1) is 5.82 Å². The van der Waals surface area contributed by atoms with Crippen LogP contribution in [0.1, 0.15) is 63.3 Å². The van der Waals surface area contributed by atoms with Crippen molar-refractivity contribution in [3.05, 3.63) is 59.4 Å². The molecule has 2 N–H and O–H groups in total. The van der Waals surface area contributed by atoms with Crippen LogP contribution in [0.2, 0.25) is 0 Å². The van der Waals surface area contributed by atoms with Crippen LogP contribution in [0.4, 0.5) is 34.0 Å². The fraction of sp³-hybridized carbons (Fsp3) is 0.536. The Balaban J connectivity index is 1.31. The number of hydrogen-bond donors (Lipinski definition) is 2. The molecule has 1 aliphatic carbocycles. The van der Waals surface area contributed by atoms with E-state index in [4.69, 9.17) is 4.74 Å². The number of likely N-dealkylation sites (tertiary alicyclic amines) is 1. The van der Waals surface area contributed by atoms with Gasteiger partial charge in [-0.1, -0.05) is 17.3 Å². The lowest BCUT2D eigenvalue weighted by Crippen LogP contribution is -2.49. The second-order valence-electron chi connectivity index (χ2n) is 11.9. The maximum atomic E-state index is 15.9. The number of carbonyl (C=O) groups is 1. The topological polar surface area (TPSA) is 112 Å². The summed E-state index contributed by atoms with van der Waals surface area (Å²) in [5.41, 5.74) is -0.498. The largest absolute Gasteiger partial charge is 0.444 e. The molecule has 0 bridgehead atoms. The smallest absolute Gasteiger partial charge is 0.416 e. The van der Waals surface area contributed by atoms with Crippen LogP contribution in [0.15, 0.2) is 36.8 Å². The maximum Gasteiger partial charge on any atom is 0.416 e. The molecule has 10 nitrogen and oxygen atoms in total. The van der Waals surface area contributed by atoms with Gasteiger partial charge in [-0.2, -0.15) is 17.6 Å². The standard InChI is InChI=1S/C28H34F4N8O2/c1-26(2,3)42-25(41)39-12-10-27(11-13-39,21-14-36-38-37-21)16-33-23-22(29)24(35-17-34-23)40(20-8-9-20)15-18-4-6-19(7-5-18)28(30,31)32/h4-7,14,17,20H,8-13,15-16H2,1-3H3,(H,33,34,35)(H,36,37,38). The molecule has 0 atom stereocenters. The Morgan fingerprint density at radius 1 is 1.14 bits per heavy atom. The Morgan fingerprint density at radius 3 is 2.40 bits per heavy atom. The number of nitrogens with one attached hydrogen (secondary N) is 2. The van der Waals surface area contributed by atoms with Crippen molar-refractivity contribution in [2.45, 2.75) is 76.2 Å². The SMILES string of the molecule is CC(C)(C)OC(=O)N1CCC(CNc2ncnc(N(Cc3ccc(C(F)(F)F)cc3)C3CC3)c2F)(c2cnn[nH]2)CC1. The summed E-state index contributed by atoms with van der Waals surface area (Å²) in [5, 5.41) is 13.9. The van der Waals surface area contributed by atoms with Gasteiger partial charge in [-0.05, 0) is 64.2 Å². The summed E-state index contributed by atoms with van der Waals surface area (Å²) in [4.78, 5) is 24.4. The van der Waals surface area contributed by atoms with Gasteiger partial charge in [-0.3, -0.25) is 5.10 Å². The van der Waals surface area contributed by atoms with Crippen molar-refractivity contribution in [1.82, 2.24) is 30.3 Å². The highest BCUT2D eigenvalue weighted by Crippen LogP contribution is 2.38. The fourth-order valence-electron chi connectivity index (χ4n) is 5.13. The average molecular weight is 591 g/mol. The maximum absolute atomic E-state index is 15.9. The number of amides is 1. The summed E-state index contributed by atoms with van der Waals surface area (Å²) >= 11 is 0. The van der Waals surface area contributed by atoms with Crippen LogP contribution in [0.5, 0.6) is 0 Å². The van der Waals surface area contributed by atoms with Gasteiger partial charge >= 0.3 is 12.3 Å². The van der Waals surface area contributed by atoms with Crippen molar-refractivity contribution >= 4 is 17.7 Å². The van der Waals surface area contributed by atoms with E-state index in [9.17, 15) is 18.0 Å². The van der Waals surface area contributed by atoms with E-state index in [2.05, 4.69) is 30.7 Å². The summed E-state index contributed by atoms with van der Waals surface area (Å²) in [5.74, 6) is -0.535. The highest BCUT2D eigenvalue weighted by Gasteiger charge is 2.40. The Hall–Kier alpha value is -3.97. The third-order valence-corrected chi connectivity index (χ3v) is 7.62. The van der Waals surface area contributed by atoms with E-state index in [0.717, 1.165) is 30.7 Å². The van der Waals surface area contributed by atoms with Gasteiger partial charge < -0.3 is 19.9 Å². The molecule has 2 aromatic heterocycles. The van der Waals surface area contributed by atoms with Gasteiger partial charge in [0.1, 0.15) is 11.9 Å². The number of carbonyl (C=O) groups excluding carboxylic acids is 1. The van der Waals surface area contributed by atoms with Crippen molar-refractivity contribution in [1.29, 1.82) is 0 Å². The number of anilines is 2. The van der Waals surface area contributed by atoms with Crippen LogP contribution in [-0.4, -0.2) is 67.6 Å². The lowest BCUT2D eigenvalue weighted by Gasteiger charge is -2.41. The molecule has 1 saturated carbocycles. The number of aromatic nitrogens is 5. The Morgan fingerprint density at radius 2 is 1.83 bits per heavy atom. The molecule has 42 heavy (non-hydrogen) atoms. The fourth-order valence-corrected chi connectivity index (χ4v) is 5.13. The van der Waals surface area contributed by atoms with Crippen LogP contribution in [-0.2, 0) is 22.9 Å². The van der Waals surface area contributed by atoms with Gasteiger partial charge in [0.2, 0.25) is 5.82 Å². The van der Waals surface area contributed by atoms with E-state index in [1.54, 1.807) is 16.0 Å². The minimum atomic E-state index is -4.43. The van der Waals surface area contributed by atoms with Crippen molar-refractivity contribution in [3.63, 3.8) is 0 Å². The third kappa shape index (κ3) is 6.73. The van der Waals surface area contributed by atoms with Gasteiger partial charge in [-0.25, -0.2) is 14.8 Å². The molecular weight excluding hydrogens is 556 g/mol. The number of ether oxygens (including phenoxy) is 1. The van der Waals surface area contributed by atoms with Crippen LogP contribution in [0.3, 0.4) is 0 Å². The molecule has 1 amide bonds. The van der Waals surface area contributed by atoms with E-state index < -0.39 is 28.6 Å². The zero-order chi connectivity index (χ0) is 30.1. The molecular formula is C28H34F4N8O2. The molecule has 3 aromatic rings. The first-order chi connectivity index (χ1) is 19.8. The Bertz CT molecular complexity index is 1360. The van der Waals surface area contributed by atoms with Gasteiger partial charge in [-0.15, -0.1) is 5.10 Å². The van der Waals surface area contributed by atoms with Gasteiger partial charge in [0.15, 0.2) is 11.6 Å². The number of halogens is 4. The predicted octanol–water partition coefficient (Wildman–Crippen LogP) is 5.30. The molecule has 1 aliphatic heterocycles. The third-order valence-electron chi connectivity index (χ3n) is 7.62. The van der Waals surface area contributed by atoms with Crippen LogP contribution in [0.25, 0.3) is 0 Å². The van der Waals surface area contributed by atoms with Crippen molar-refractivity contribution < 1.29 is 27.1 Å². The molecule has 1 saturated heterocycles. The van der Waals surface area contributed by atoms with E-state index in [1.807, 2.05) is 20.8 Å². The van der Waals surface area contributed by atoms with Crippen LogP contribution >= 0.6 is 0 Å². The molecule has 0 unspecified atom stereocenters. The molecule has 1 aromatic carbocycles. The van der Waals surface area contributed by atoms with E-state index in [-0.39, 0.29) is 36.9 Å².